The molecule has 2 aromatic heterocycles. The minimum Gasteiger partial charge on any atom is -0.388 e. The molecule has 7 heteroatoms. The molecular weight excluding hydrogens is 244 g/mol. The highest BCUT2D eigenvalue weighted by Gasteiger charge is 2.35. The van der Waals surface area contributed by atoms with Gasteiger partial charge in [0.1, 0.15) is 0 Å². The number of nitrogens with one attached hydrogen (secondary N) is 2. The highest BCUT2D eigenvalue weighted by molar-refractivity contribution is 5.66. The van der Waals surface area contributed by atoms with Gasteiger partial charge in [0, 0.05) is 12.4 Å². The molecule has 2 heterocycles. The smallest absolute Gasteiger partial charge is 0.180 e. The number of aliphatic hydroxyl groups is 1. The summed E-state index contributed by atoms with van der Waals surface area (Å²) in [5.41, 5.74) is 1.68. The van der Waals surface area contributed by atoms with E-state index in [2.05, 4.69) is 20.7 Å². The number of nitrogens with zero attached hydrogens (tertiary/aromatic N) is 3. The van der Waals surface area contributed by atoms with E-state index in [1.165, 1.54) is 0 Å². The predicted molar refractivity (Wildman–Crippen MR) is 74.8 cm³/mol. The van der Waals surface area contributed by atoms with Crippen LogP contribution < -0.4 is 16.6 Å². The third-order valence-electron chi connectivity index (χ3n) is 3.48. The van der Waals surface area contributed by atoms with Crippen LogP contribution in [0.25, 0.3) is 5.65 Å². The lowest BCUT2D eigenvalue weighted by Crippen LogP contribution is -2.51. The predicted octanol–water partition coefficient (Wildman–Crippen LogP) is 0.976. The van der Waals surface area contributed by atoms with Crippen molar-refractivity contribution in [2.24, 2.45) is 5.84 Å². The van der Waals surface area contributed by atoms with Crippen molar-refractivity contribution in [1.82, 2.24) is 14.4 Å². The van der Waals surface area contributed by atoms with Crippen molar-refractivity contribution in [3.05, 3.63) is 18.6 Å². The first-order chi connectivity index (χ1) is 8.74. The number of fused-ring (bicyclic) bond motifs is 1. The molecule has 104 valence electrons. The highest BCUT2D eigenvalue weighted by Crippen LogP contribution is 2.27. The van der Waals surface area contributed by atoms with Crippen molar-refractivity contribution in [3.63, 3.8) is 0 Å². The maximum atomic E-state index is 10.2. The molecular formula is C12H20N6O. The number of hydrogen-bond acceptors (Lipinski definition) is 6. The van der Waals surface area contributed by atoms with Gasteiger partial charge in [0.15, 0.2) is 17.3 Å². The van der Waals surface area contributed by atoms with Gasteiger partial charge in [0.25, 0.3) is 0 Å². The first-order valence-electron chi connectivity index (χ1n) is 6.05. The Morgan fingerprint density at radius 3 is 2.58 bits per heavy atom. The van der Waals surface area contributed by atoms with Gasteiger partial charge in [-0.2, -0.15) is 0 Å². The minimum absolute atomic E-state index is 0.513. The molecule has 0 unspecified atom stereocenters. The summed E-state index contributed by atoms with van der Waals surface area (Å²) in [6.07, 6.45) is 5.23. The van der Waals surface area contributed by atoms with E-state index in [-0.39, 0.29) is 0 Å². The van der Waals surface area contributed by atoms with E-state index in [1.54, 1.807) is 32.4 Å². The molecule has 0 aliphatic carbocycles. The van der Waals surface area contributed by atoms with Gasteiger partial charge in [-0.3, -0.25) is 0 Å². The number of anilines is 2. The molecule has 0 fully saturated rings. The molecule has 0 spiro atoms. The van der Waals surface area contributed by atoms with Crippen molar-refractivity contribution in [1.29, 1.82) is 0 Å². The quantitative estimate of drug-likeness (QED) is 0.485. The van der Waals surface area contributed by atoms with Crippen LogP contribution in [0.15, 0.2) is 18.6 Å². The highest BCUT2D eigenvalue weighted by atomic mass is 16.3. The summed E-state index contributed by atoms with van der Waals surface area (Å²) in [6.45, 7) is 7.29. The van der Waals surface area contributed by atoms with Crippen molar-refractivity contribution in [2.45, 2.75) is 38.8 Å². The molecule has 0 aliphatic rings. The lowest BCUT2D eigenvalue weighted by Gasteiger charge is -2.38. The molecule has 0 aliphatic heterocycles. The molecule has 0 bridgehead atoms. The second kappa shape index (κ2) is 4.36. The van der Waals surface area contributed by atoms with Crippen LogP contribution >= 0.6 is 0 Å². The number of nitrogens with two attached hydrogens (primary N) is 1. The summed E-state index contributed by atoms with van der Waals surface area (Å²) in [6, 6.07) is 0. The largest absolute Gasteiger partial charge is 0.388 e. The Morgan fingerprint density at radius 2 is 2.00 bits per heavy atom. The van der Waals surface area contributed by atoms with Crippen molar-refractivity contribution >= 4 is 17.3 Å². The van der Waals surface area contributed by atoms with Crippen LogP contribution in [0.3, 0.4) is 0 Å². The Hall–Kier alpha value is -1.86. The summed E-state index contributed by atoms with van der Waals surface area (Å²) in [5, 5.41) is 13.4. The number of nitrogen functional groups attached to an aromatic ring is 1. The monoisotopic (exact) mass is 264 g/mol. The van der Waals surface area contributed by atoms with Gasteiger partial charge in [-0.1, -0.05) is 0 Å². The first-order valence-corrected chi connectivity index (χ1v) is 6.05. The van der Waals surface area contributed by atoms with E-state index in [0.717, 1.165) is 0 Å². The maximum absolute atomic E-state index is 10.2. The molecule has 19 heavy (non-hydrogen) atoms. The molecule has 5 N–H and O–H groups in total. The van der Waals surface area contributed by atoms with E-state index < -0.39 is 11.1 Å². The number of hydrazine groups is 1. The van der Waals surface area contributed by atoms with Crippen LogP contribution in [0.5, 0.6) is 0 Å². The summed E-state index contributed by atoms with van der Waals surface area (Å²) in [4.78, 5) is 8.60. The Kier molecular flexibility index (Phi) is 3.11. The second-order valence-corrected chi connectivity index (χ2v) is 5.59. The van der Waals surface area contributed by atoms with Gasteiger partial charge in [0.05, 0.1) is 17.3 Å². The number of hydrogen-bond donors (Lipinski definition) is 4. The number of rotatable bonds is 4. The first kappa shape index (κ1) is 13.6. The Bertz CT molecular complexity index is 583. The Balaban J connectivity index is 2.47. The molecule has 0 saturated carbocycles. The standard InChI is InChI=1S/C12H20N6O/c1-11(2,12(3,4)19)16-9-10-14-5-6-18(10)7-8(15-9)17-13/h5-7,17,19H,13H2,1-4H3,(H,15,16). The molecule has 2 aromatic rings. The summed E-state index contributed by atoms with van der Waals surface area (Å²) in [5.74, 6) is 6.48. The van der Waals surface area contributed by atoms with Crippen LogP contribution in [0.4, 0.5) is 11.6 Å². The maximum Gasteiger partial charge on any atom is 0.180 e. The van der Waals surface area contributed by atoms with Crippen LogP contribution in [0.2, 0.25) is 0 Å². The third kappa shape index (κ3) is 2.47. The zero-order valence-corrected chi connectivity index (χ0v) is 11.6. The van der Waals surface area contributed by atoms with Gasteiger partial charge in [0.2, 0.25) is 0 Å². The fraction of sp³-hybridized carbons (Fsp3) is 0.500. The van der Waals surface area contributed by atoms with E-state index in [4.69, 9.17) is 5.84 Å². The Morgan fingerprint density at radius 1 is 1.32 bits per heavy atom. The topological polar surface area (TPSA) is 100 Å². The fourth-order valence-electron chi connectivity index (χ4n) is 1.53. The Labute approximate surface area is 111 Å². The lowest BCUT2D eigenvalue weighted by molar-refractivity contribution is 0.0239. The molecule has 2 rings (SSSR count). The summed E-state index contributed by atoms with van der Waals surface area (Å²) in [7, 11) is 0. The van der Waals surface area contributed by atoms with Crippen LogP contribution in [-0.2, 0) is 0 Å². The van der Waals surface area contributed by atoms with E-state index >= 15 is 0 Å². The van der Waals surface area contributed by atoms with E-state index in [9.17, 15) is 5.11 Å². The van der Waals surface area contributed by atoms with Gasteiger partial charge >= 0.3 is 0 Å². The van der Waals surface area contributed by atoms with Crippen molar-refractivity contribution < 1.29 is 5.11 Å². The normalized spacial score (nSPS) is 12.7. The number of imidazole rings is 1. The minimum atomic E-state index is -0.926. The van der Waals surface area contributed by atoms with E-state index in [0.29, 0.717) is 17.3 Å². The average Bonchev–Trinajstić information content (AvgIpc) is 2.75. The molecule has 0 saturated heterocycles. The zero-order chi connectivity index (χ0) is 14.3. The zero-order valence-electron chi connectivity index (χ0n) is 11.6. The average molecular weight is 264 g/mol. The van der Waals surface area contributed by atoms with Gasteiger partial charge < -0.3 is 20.2 Å². The number of aromatic nitrogens is 3. The summed E-state index contributed by atoms with van der Waals surface area (Å²) >= 11 is 0. The summed E-state index contributed by atoms with van der Waals surface area (Å²) < 4.78 is 1.81. The molecule has 0 atom stereocenters. The molecule has 7 nitrogen and oxygen atoms in total. The lowest BCUT2D eigenvalue weighted by atomic mass is 9.86. The molecule has 0 radical (unpaired) electrons. The SMILES string of the molecule is CC(C)(O)C(C)(C)Nc1nc(NN)cn2ccnc12. The molecule has 0 amide bonds. The molecule has 0 aromatic carbocycles. The van der Waals surface area contributed by atoms with Gasteiger partial charge in [-0.05, 0) is 27.7 Å². The van der Waals surface area contributed by atoms with Gasteiger partial charge in [-0.15, -0.1) is 0 Å². The van der Waals surface area contributed by atoms with Crippen molar-refractivity contribution in [2.75, 3.05) is 10.7 Å². The van der Waals surface area contributed by atoms with Crippen LogP contribution in [0, 0.1) is 0 Å². The van der Waals surface area contributed by atoms with Crippen LogP contribution in [-0.4, -0.2) is 30.6 Å². The van der Waals surface area contributed by atoms with Gasteiger partial charge in [-0.25, -0.2) is 15.8 Å². The van der Waals surface area contributed by atoms with Crippen molar-refractivity contribution in [3.8, 4) is 0 Å². The fourth-order valence-corrected chi connectivity index (χ4v) is 1.53. The van der Waals surface area contributed by atoms with Crippen LogP contribution in [0.1, 0.15) is 27.7 Å². The third-order valence-corrected chi connectivity index (χ3v) is 3.48. The second-order valence-electron chi connectivity index (χ2n) is 5.59. The van der Waals surface area contributed by atoms with E-state index in [1.807, 2.05) is 18.2 Å².